The van der Waals surface area contributed by atoms with Gasteiger partial charge >= 0.3 is 0 Å². The number of nitrogens with one attached hydrogen (secondary N) is 2. The quantitative estimate of drug-likeness (QED) is 0.378. The standard InChI is InChI=1S/C23H22Cl2N2O5S/c1-3-31-21-10-5-15(11-22(21)32-4-2)23(28)26-18-6-8-20(9-7-18)33(29,30)27-19-13-16(24)12-17(25)14-19/h5-14,27H,3-4H2,1-2H3,(H,26,28). The van der Waals surface area contributed by atoms with Crippen LogP contribution in [-0.2, 0) is 10.0 Å². The highest BCUT2D eigenvalue weighted by Gasteiger charge is 2.16. The molecular weight excluding hydrogens is 487 g/mol. The monoisotopic (exact) mass is 508 g/mol. The summed E-state index contributed by atoms with van der Waals surface area (Å²) in [6, 6.07) is 15.1. The van der Waals surface area contributed by atoms with Crippen molar-refractivity contribution in [1.82, 2.24) is 0 Å². The van der Waals surface area contributed by atoms with Gasteiger partial charge in [-0.2, -0.15) is 0 Å². The minimum atomic E-state index is -3.88. The van der Waals surface area contributed by atoms with Crippen LogP contribution in [0.25, 0.3) is 0 Å². The Labute approximate surface area is 202 Å². The molecule has 0 bridgehead atoms. The van der Waals surface area contributed by atoms with E-state index in [9.17, 15) is 13.2 Å². The van der Waals surface area contributed by atoms with Gasteiger partial charge in [-0.15, -0.1) is 0 Å². The van der Waals surface area contributed by atoms with Gasteiger partial charge in [0.05, 0.1) is 23.8 Å². The van der Waals surface area contributed by atoms with E-state index < -0.39 is 10.0 Å². The van der Waals surface area contributed by atoms with Crippen LogP contribution in [0.1, 0.15) is 24.2 Å². The molecule has 0 heterocycles. The van der Waals surface area contributed by atoms with Crippen LogP contribution in [0.2, 0.25) is 10.0 Å². The summed E-state index contributed by atoms with van der Waals surface area (Å²) in [5, 5.41) is 3.35. The second-order valence-electron chi connectivity index (χ2n) is 6.77. The van der Waals surface area contributed by atoms with Crippen molar-refractivity contribution in [2.24, 2.45) is 0 Å². The molecule has 0 aliphatic rings. The number of hydrogen-bond donors (Lipinski definition) is 2. The molecule has 174 valence electrons. The van der Waals surface area contributed by atoms with Crippen molar-refractivity contribution in [3.63, 3.8) is 0 Å². The Balaban J connectivity index is 1.73. The summed E-state index contributed by atoms with van der Waals surface area (Å²) < 4.78 is 38.8. The van der Waals surface area contributed by atoms with E-state index >= 15 is 0 Å². The van der Waals surface area contributed by atoms with E-state index in [0.717, 1.165) is 0 Å². The summed E-state index contributed by atoms with van der Waals surface area (Å²) in [5.41, 5.74) is 1.04. The minimum Gasteiger partial charge on any atom is -0.490 e. The van der Waals surface area contributed by atoms with Gasteiger partial charge in [0.15, 0.2) is 11.5 Å². The average molecular weight is 509 g/mol. The van der Waals surface area contributed by atoms with Crippen LogP contribution in [0.3, 0.4) is 0 Å². The van der Waals surface area contributed by atoms with E-state index in [2.05, 4.69) is 10.0 Å². The SMILES string of the molecule is CCOc1ccc(C(=O)Nc2ccc(S(=O)(=O)Nc3cc(Cl)cc(Cl)c3)cc2)cc1OCC. The molecule has 0 unspecified atom stereocenters. The van der Waals surface area contributed by atoms with Crippen LogP contribution >= 0.6 is 23.2 Å². The first-order valence-electron chi connectivity index (χ1n) is 10.0. The number of halogens is 2. The maximum atomic E-state index is 12.7. The van der Waals surface area contributed by atoms with Gasteiger partial charge in [0.25, 0.3) is 15.9 Å². The van der Waals surface area contributed by atoms with Crippen molar-refractivity contribution in [3.05, 3.63) is 76.3 Å². The van der Waals surface area contributed by atoms with Gasteiger partial charge in [-0.3, -0.25) is 9.52 Å². The number of carbonyl (C=O) groups is 1. The molecule has 0 saturated carbocycles. The van der Waals surface area contributed by atoms with Crippen molar-refractivity contribution < 1.29 is 22.7 Å². The second kappa shape index (κ2) is 10.8. The fraction of sp³-hybridized carbons (Fsp3) is 0.174. The Morgan fingerprint density at radius 2 is 1.42 bits per heavy atom. The predicted molar refractivity (Wildman–Crippen MR) is 130 cm³/mol. The number of rotatable bonds is 9. The molecule has 7 nitrogen and oxygen atoms in total. The van der Waals surface area contributed by atoms with E-state index in [0.29, 0.717) is 46.0 Å². The third-order valence-corrected chi connectivity index (χ3v) is 6.18. The number of anilines is 2. The van der Waals surface area contributed by atoms with Crippen LogP contribution in [0.5, 0.6) is 11.5 Å². The topological polar surface area (TPSA) is 93.7 Å². The molecule has 1 amide bonds. The third kappa shape index (κ3) is 6.54. The number of carbonyl (C=O) groups excluding carboxylic acids is 1. The van der Waals surface area contributed by atoms with Gasteiger partial charge in [-0.05, 0) is 74.5 Å². The first kappa shape index (κ1) is 24.7. The van der Waals surface area contributed by atoms with Gasteiger partial charge in [0.1, 0.15) is 0 Å². The normalized spacial score (nSPS) is 11.0. The van der Waals surface area contributed by atoms with Crippen molar-refractivity contribution in [1.29, 1.82) is 0 Å². The van der Waals surface area contributed by atoms with Gasteiger partial charge in [0.2, 0.25) is 0 Å². The Hall–Kier alpha value is -2.94. The summed E-state index contributed by atoms with van der Waals surface area (Å²) in [7, 11) is -3.88. The molecule has 10 heteroatoms. The molecule has 2 N–H and O–H groups in total. The number of hydrogen-bond acceptors (Lipinski definition) is 5. The summed E-state index contributed by atoms with van der Waals surface area (Å²) in [6.45, 7) is 4.60. The Kier molecular flexibility index (Phi) is 8.07. The number of benzene rings is 3. The van der Waals surface area contributed by atoms with Crippen LogP contribution in [0, 0.1) is 0 Å². The molecule has 3 aromatic carbocycles. The Morgan fingerprint density at radius 3 is 2.03 bits per heavy atom. The van der Waals surface area contributed by atoms with Crippen LogP contribution in [0.4, 0.5) is 11.4 Å². The summed E-state index contributed by atoms with van der Waals surface area (Å²) in [4.78, 5) is 12.7. The van der Waals surface area contributed by atoms with Crippen LogP contribution in [0.15, 0.2) is 65.6 Å². The molecule has 0 aliphatic heterocycles. The van der Waals surface area contributed by atoms with Gasteiger partial charge in [-0.1, -0.05) is 23.2 Å². The molecule has 33 heavy (non-hydrogen) atoms. The number of sulfonamides is 1. The average Bonchev–Trinajstić information content (AvgIpc) is 2.74. The summed E-state index contributed by atoms with van der Waals surface area (Å²) >= 11 is 11.8. The zero-order valence-electron chi connectivity index (χ0n) is 17.9. The zero-order chi connectivity index (χ0) is 24.0. The molecule has 3 rings (SSSR count). The Morgan fingerprint density at radius 1 is 0.818 bits per heavy atom. The molecular formula is C23H22Cl2N2O5S. The van der Waals surface area contributed by atoms with Gasteiger partial charge in [-0.25, -0.2) is 8.42 Å². The van der Waals surface area contributed by atoms with E-state index in [1.807, 2.05) is 13.8 Å². The van der Waals surface area contributed by atoms with E-state index in [-0.39, 0.29) is 16.5 Å². The lowest BCUT2D eigenvalue weighted by Crippen LogP contribution is -2.14. The highest BCUT2D eigenvalue weighted by Crippen LogP contribution is 2.29. The lowest BCUT2D eigenvalue weighted by molar-refractivity contribution is 0.102. The van der Waals surface area contributed by atoms with E-state index in [1.165, 1.54) is 42.5 Å². The third-order valence-electron chi connectivity index (χ3n) is 4.34. The fourth-order valence-corrected chi connectivity index (χ4v) is 4.51. The second-order valence-corrected chi connectivity index (χ2v) is 9.32. The highest BCUT2D eigenvalue weighted by molar-refractivity contribution is 7.92. The lowest BCUT2D eigenvalue weighted by Gasteiger charge is -2.13. The largest absolute Gasteiger partial charge is 0.490 e. The van der Waals surface area contributed by atoms with Gasteiger partial charge in [0, 0.05) is 21.3 Å². The van der Waals surface area contributed by atoms with Crippen molar-refractivity contribution in [3.8, 4) is 11.5 Å². The van der Waals surface area contributed by atoms with Gasteiger partial charge < -0.3 is 14.8 Å². The molecule has 0 radical (unpaired) electrons. The molecule has 3 aromatic rings. The predicted octanol–water partition coefficient (Wildman–Crippen LogP) is 5.84. The lowest BCUT2D eigenvalue weighted by atomic mass is 10.2. The van der Waals surface area contributed by atoms with Crippen molar-refractivity contribution in [2.75, 3.05) is 23.3 Å². The van der Waals surface area contributed by atoms with Crippen molar-refractivity contribution in [2.45, 2.75) is 18.7 Å². The van der Waals surface area contributed by atoms with Crippen LogP contribution < -0.4 is 19.5 Å². The number of amides is 1. The fourth-order valence-electron chi connectivity index (χ4n) is 2.94. The highest BCUT2D eigenvalue weighted by atomic mass is 35.5. The molecule has 0 aromatic heterocycles. The zero-order valence-corrected chi connectivity index (χ0v) is 20.2. The molecule has 0 atom stereocenters. The van der Waals surface area contributed by atoms with E-state index in [1.54, 1.807) is 18.2 Å². The molecule has 0 spiro atoms. The van der Waals surface area contributed by atoms with E-state index in [4.69, 9.17) is 32.7 Å². The molecule has 0 aliphatic carbocycles. The number of ether oxygens (including phenoxy) is 2. The van der Waals surface area contributed by atoms with Crippen LogP contribution in [-0.4, -0.2) is 27.5 Å². The smallest absolute Gasteiger partial charge is 0.261 e. The maximum Gasteiger partial charge on any atom is 0.261 e. The summed E-state index contributed by atoms with van der Waals surface area (Å²) in [6.07, 6.45) is 0. The molecule has 0 saturated heterocycles. The minimum absolute atomic E-state index is 0.0105. The first-order valence-corrected chi connectivity index (χ1v) is 12.3. The summed E-state index contributed by atoms with van der Waals surface area (Å²) in [5.74, 6) is 0.654. The maximum absolute atomic E-state index is 12.7. The Bertz CT molecular complexity index is 1230. The molecule has 0 fully saturated rings. The van der Waals surface area contributed by atoms with Crippen molar-refractivity contribution >= 4 is 50.5 Å². The first-order chi connectivity index (χ1) is 15.7.